The normalized spacial score (nSPS) is 11.2. The van der Waals surface area contributed by atoms with Crippen molar-refractivity contribution in [1.29, 1.82) is 0 Å². The number of anilines is 1. The first kappa shape index (κ1) is 21.8. The third-order valence-corrected chi connectivity index (χ3v) is 7.06. The molecule has 3 N–H and O–H groups in total. The molecule has 6 nitrogen and oxygen atoms in total. The smallest absolute Gasteiger partial charge is 0.251 e. The minimum absolute atomic E-state index is 0.112. The van der Waals surface area contributed by atoms with E-state index in [2.05, 4.69) is 31.3 Å². The highest BCUT2D eigenvalue weighted by atomic mass is 32.1. The van der Waals surface area contributed by atoms with Crippen LogP contribution in [-0.4, -0.2) is 21.2 Å². The monoisotopic (exact) mass is 446 g/mol. The molecule has 164 valence electrons. The predicted octanol–water partition coefficient (Wildman–Crippen LogP) is 4.89. The van der Waals surface area contributed by atoms with Crippen molar-refractivity contribution in [2.75, 3.05) is 5.32 Å². The number of carbonyl (C=O) groups is 2. The summed E-state index contributed by atoms with van der Waals surface area (Å²) in [6.45, 7) is 9.90. The van der Waals surface area contributed by atoms with E-state index in [0.717, 1.165) is 38.6 Å². The Balaban J connectivity index is 1.76. The van der Waals surface area contributed by atoms with E-state index >= 15 is 0 Å². The average Bonchev–Trinajstić information content (AvgIpc) is 3.22. The summed E-state index contributed by atoms with van der Waals surface area (Å²) in [6.07, 6.45) is 2.04. The molecule has 7 heteroatoms. The molecule has 0 spiro atoms. The summed E-state index contributed by atoms with van der Waals surface area (Å²) in [5.74, 6) is -0.759. The number of amides is 2. The highest BCUT2D eigenvalue weighted by Crippen LogP contribution is 2.33. The first-order chi connectivity index (χ1) is 15.2. The van der Waals surface area contributed by atoms with Crippen molar-refractivity contribution in [1.82, 2.24) is 9.38 Å². The minimum atomic E-state index is -0.539. The van der Waals surface area contributed by atoms with E-state index in [4.69, 9.17) is 10.7 Å². The molecular formula is C25H26N4O2S. The number of thiophene rings is 1. The van der Waals surface area contributed by atoms with Gasteiger partial charge in [0.15, 0.2) is 0 Å². The average molecular weight is 447 g/mol. The van der Waals surface area contributed by atoms with Gasteiger partial charge in [-0.3, -0.25) is 9.59 Å². The summed E-state index contributed by atoms with van der Waals surface area (Å²) in [5.41, 5.74) is 13.5. The SMILES string of the molecule is Cc1ccc(-c2nc3c(C)cccn3c2CC(=O)Nc2sc(C)c(C)c2C(N)=O)cc1C. The Morgan fingerprint density at radius 3 is 2.50 bits per heavy atom. The van der Waals surface area contributed by atoms with Crippen LogP contribution in [0.15, 0.2) is 36.5 Å². The Morgan fingerprint density at radius 2 is 1.81 bits per heavy atom. The van der Waals surface area contributed by atoms with Crippen molar-refractivity contribution in [3.63, 3.8) is 0 Å². The molecule has 0 radical (unpaired) electrons. The molecule has 0 unspecified atom stereocenters. The fourth-order valence-corrected chi connectivity index (χ4v) is 4.96. The number of hydrogen-bond donors (Lipinski definition) is 2. The Morgan fingerprint density at radius 1 is 1.06 bits per heavy atom. The van der Waals surface area contributed by atoms with E-state index in [1.54, 1.807) is 0 Å². The second-order valence-electron chi connectivity index (χ2n) is 8.17. The highest BCUT2D eigenvalue weighted by Gasteiger charge is 2.22. The standard InChI is InChI=1S/C25H26N4O2S/c1-13-8-9-18(11-15(13)3)22-19(29-10-6-7-14(2)24(29)28-22)12-20(30)27-25-21(23(26)31)16(4)17(5)32-25/h6-11H,12H2,1-5H3,(H2,26,31)(H,27,30). The summed E-state index contributed by atoms with van der Waals surface area (Å²) in [7, 11) is 0. The summed E-state index contributed by atoms with van der Waals surface area (Å²) in [5, 5.41) is 3.40. The van der Waals surface area contributed by atoms with Crippen molar-refractivity contribution >= 4 is 33.8 Å². The number of primary amides is 1. The second kappa shape index (κ2) is 8.24. The van der Waals surface area contributed by atoms with Crippen LogP contribution in [0.2, 0.25) is 0 Å². The quantitative estimate of drug-likeness (QED) is 0.458. The van der Waals surface area contributed by atoms with Crippen LogP contribution in [0.25, 0.3) is 16.9 Å². The molecule has 0 aliphatic carbocycles. The third-order valence-electron chi connectivity index (χ3n) is 5.94. The fourth-order valence-electron chi connectivity index (χ4n) is 3.88. The van der Waals surface area contributed by atoms with Gasteiger partial charge in [0.25, 0.3) is 5.91 Å². The summed E-state index contributed by atoms with van der Waals surface area (Å²) < 4.78 is 1.97. The first-order valence-corrected chi connectivity index (χ1v) is 11.2. The number of pyridine rings is 1. The maximum absolute atomic E-state index is 13.1. The summed E-state index contributed by atoms with van der Waals surface area (Å²) >= 11 is 1.37. The van der Waals surface area contributed by atoms with Crippen molar-refractivity contribution in [3.8, 4) is 11.3 Å². The van der Waals surface area contributed by atoms with Crippen LogP contribution in [0.4, 0.5) is 5.00 Å². The molecular weight excluding hydrogens is 420 g/mol. The van der Waals surface area contributed by atoms with Crippen LogP contribution in [-0.2, 0) is 11.2 Å². The third kappa shape index (κ3) is 3.80. The maximum Gasteiger partial charge on any atom is 0.251 e. The van der Waals surface area contributed by atoms with Crippen LogP contribution in [0.1, 0.15) is 43.2 Å². The number of nitrogens with zero attached hydrogens (tertiary/aromatic N) is 2. The van der Waals surface area contributed by atoms with Gasteiger partial charge in [-0.15, -0.1) is 11.3 Å². The van der Waals surface area contributed by atoms with E-state index in [1.165, 1.54) is 22.5 Å². The molecule has 2 amide bonds. The van der Waals surface area contributed by atoms with Crippen LogP contribution >= 0.6 is 11.3 Å². The topological polar surface area (TPSA) is 89.5 Å². The van der Waals surface area contributed by atoms with Crippen molar-refractivity contribution in [2.45, 2.75) is 41.0 Å². The second-order valence-corrected chi connectivity index (χ2v) is 9.39. The molecule has 3 heterocycles. The summed E-state index contributed by atoms with van der Waals surface area (Å²) in [4.78, 5) is 30.9. The first-order valence-electron chi connectivity index (χ1n) is 10.4. The number of nitrogens with one attached hydrogen (secondary N) is 1. The lowest BCUT2D eigenvalue weighted by Crippen LogP contribution is -2.19. The molecule has 0 aliphatic heterocycles. The predicted molar refractivity (Wildman–Crippen MR) is 129 cm³/mol. The molecule has 0 saturated heterocycles. The zero-order valence-corrected chi connectivity index (χ0v) is 19.7. The molecule has 0 fully saturated rings. The Kier molecular flexibility index (Phi) is 5.60. The number of nitrogens with two attached hydrogens (primary N) is 1. The van der Waals surface area contributed by atoms with Gasteiger partial charge in [-0.2, -0.15) is 0 Å². The van der Waals surface area contributed by atoms with Crippen LogP contribution < -0.4 is 11.1 Å². The Hall–Kier alpha value is -3.45. The number of rotatable bonds is 5. The molecule has 4 aromatic rings. The van der Waals surface area contributed by atoms with Crippen molar-refractivity contribution < 1.29 is 9.59 Å². The summed E-state index contributed by atoms with van der Waals surface area (Å²) in [6, 6.07) is 10.2. The van der Waals surface area contributed by atoms with E-state index in [9.17, 15) is 9.59 Å². The number of hydrogen-bond acceptors (Lipinski definition) is 4. The van der Waals surface area contributed by atoms with Crippen LogP contribution in [0.5, 0.6) is 0 Å². The zero-order chi connectivity index (χ0) is 23.2. The van der Waals surface area contributed by atoms with Gasteiger partial charge in [0.1, 0.15) is 10.6 Å². The van der Waals surface area contributed by atoms with E-state index < -0.39 is 5.91 Å². The molecule has 0 atom stereocenters. The lowest BCUT2D eigenvalue weighted by atomic mass is 10.0. The van der Waals surface area contributed by atoms with Gasteiger partial charge >= 0.3 is 0 Å². The minimum Gasteiger partial charge on any atom is -0.365 e. The van der Waals surface area contributed by atoms with Gasteiger partial charge in [-0.25, -0.2) is 4.98 Å². The lowest BCUT2D eigenvalue weighted by molar-refractivity contribution is -0.115. The molecule has 1 aromatic carbocycles. The number of imidazole rings is 1. The van der Waals surface area contributed by atoms with Gasteiger partial charge < -0.3 is 15.5 Å². The molecule has 32 heavy (non-hydrogen) atoms. The van der Waals surface area contributed by atoms with Crippen molar-refractivity contribution in [3.05, 3.63) is 74.9 Å². The van der Waals surface area contributed by atoms with Crippen molar-refractivity contribution in [2.24, 2.45) is 5.73 Å². The zero-order valence-electron chi connectivity index (χ0n) is 18.9. The van der Waals surface area contributed by atoms with Crippen LogP contribution in [0.3, 0.4) is 0 Å². The Bertz CT molecular complexity index is 1380. The van der Waals surface area contributed by atoms with Gasteiger partial charge in [0, 0.05) is 16.6 Å². The number of benzene rings is 1. The van der Waals surface area contributed by atoms with Crippen LogP contribution in [0, 0.1) is 34.6 Å². The van der Waals surface area contributed by atoms with E-state index in [1.807, 2.05) is 49.6 Å². The largest absolute Gasteiger partial charge is 0.365 e. The number of fused-ring (bicyclic) bond motifs is 1. The highest BCUT2D eigenvalue weighted by molar-refractivity contribution is 7.16. The van der Waals surface area contributed by atoms with E-state index in [-0.39, 0.29) is 12.3 Å². The van der Waals surface area contributed by atoms with Gasteiger partial charge in [0.05, 0.1) is 23.4 Å². The molecule has 4 rings (SSSR count). The van der Waals surface area contributed by atoms with Gasteiger partial charge in [0.2, 0.25) is 5.91 Å². The molecule has 0 aliphatic rings. The number of carbonyl (C=O) groups excluding carboxylic acids is 2. The fraction of sp³-hybridized carbons (Fsp3) is 0.240. The van der Waals surface area contributed by atoms with Gasteiger partial charge in [-0.05, 0) is 69.0 Å². The Labute approximate surface area is 191 Å². The lowest BCUT2D eigenvalue weighted by Gasteiger charge is -2.09. The number of aryl methyl sites for hydroxylation is 4. The number of aromatic nitrogens is 2. The van der Waals surface area contributed by atoms with E-state index in [0.29, 0.717) is 10.6 Å². The van der Waals surface area contributed by atoms with Gasteiger partial charge in [-0.1, -0.05) is 18.2 Å². The molecule has 0 saturated carbocycles. The molecule has 0 bridgehead atoms. The maximum atomic E-state index is 13.1. The molecule has 3 aromatic heterocycles.